The smallest absolute Gasteiger partial charge is 0.221 e. The Balaban J connectivity index is 3.25. The fraction of sp³-hybridized carbons (Fsp3) is 0.364. The van der Waals surface area contributed by atoms with Crippen LogP contribution in [0, 0.1) is 20.8 Å². The number of hydrogen-bond donors (Lipinski definition) is 2. The van der Waals surface area contributed by atoms with Crippen LogP contribution < -0.4 is 5.32 Å². The van der Waals surface area contributed by atoms with Crippen molar-refractivity contribution in [3.63, 3.8) is 0 Å². The summed E-state index contributed by atoms with van der Waals surface area (Å²) in [5.74, 6) is 0.203. The number of anilines is 1. The molecule has 0 saturated heterocycles. The number of hydrogen-bond acceptors (Lipinski definition) is 2. The molecular formula is C11H15NO2. The van der Waals surface area contributed by atoms with Crippen molar-refractivity contribution >= 4 is 11.6 Å². The third kappa shape index (κ3) is 1.87. The van der Waals surface area contributed by atoms with Crippen LogP contribution in [-0.2, 0) is 4.79 Å². The van der Waals surface area contributed by atoms with Crippen molar-refractivity contribution in [3.05, 3.63) is 22.8 Å². The zero-order valence-electron chi connectivity index (χ0n) is 8.93. The summed E-state index contributed by atoms with van der Waals surface area (Å²) in [7, 11) is 0. The third-order valence-corrected chi connectivity index (χ3v) is 2.37. The molecule has 0 atom stereocenters. The number of phenolic OH excluding ortho intramolecular Hbond substituents is 1. The molecule has 0 bridgehead atoms. The van der Waals surface area contributed by atoms with Gasteiger partial charge in [-0.2, -0.15) is 0 Å². The van der Waals surface area contributed by atoms with Crippen LogP contribution in [0.25, 0.3) is 0 Å². The van der Waals surface area contributed by atoms with Gasteiger partial charge in [-0.3, -0.25) is 4.79 Å². The molecular weight excluding hydrogens is 178 g/mol. The molecule has 3 heteroatoms. The second-order valence-corrected chi connectivity index (χ2v) is 3.52. The molecule has 1 amide bonds. The summed E-state index contributed by atoms with van der Waals surface area (Å²) in [5.41, 5.74) is 3.26. The summed E-state index contributed by atoms with van der Waals surface area (Å²) < 4.78 is 0. The number of amides is 1. The summed E-state index contributed by atoms with van der Waals surface area (Å²) in [4.78, 5) is 10.9. The van der Waals surface area contributed by atoms with E-state index >= 15 is 0 Å². The predicted octanol–water partition coefficient (Wildman–Crippen LogP) is 2.28. The Bertz CT molecular complexity index is 383. The van der Waals surface area contributed by atoms with E-state index in [1.807, 2.05) is 20.8 Å². The molecule has 3 nitrogen and oxygen atoms in total. The van der Waals surface area contributed by atoms with Gasteiger partial charge in [0.05, 0.1) is 0 Å². The summed E-state index contributed by atoms with van der Waals surface area (Å²) in [6, 6.07) is 1.78. The molecule has 0 saturated carbocycles. The number of carbonyl (C=O) groups excluding carboxylic acids is 1. The molecule has 0 radical (unpaired) electrons. The molecule has 14 heavy (non-hydrogen) atoms. The molecule has 0 aliphatic heterocycles. The second-order valence-electron chi connectivity index (χ2n) is 3.52. The highest BCUT2D eigenvalue weighted by atomic mass is 16.3. The lowest BCUT2D eigenvalue weighted by Crippen LogP contribution is -2.08. The molecule has 0 unspecified atom stereocenters. The Labute approximate surface area is 83.8 Å². The van der Waals surface area contributed by atoms with Crippen molar-refractivity contribution in [1.82, 2.24) is 0 Å². The Hall–Kier alpha value is -1.51. The van der Waals surface area contributed by atoms with E-state index in [1.54, 1.807) is 6.07 Å². The Kier molecular flexibility index (Phi) is 2.79. The number of phenols is 1. The van der Waals surface area contributed by atoms with Gasteiger partial charge in [0, 0.05) is 12.6 Å². The van der Waals surface area contributed by atoms with Gasteiger partial charge in [-0.15, -0.1) is 0 Å². The minimum atomic E-state index is -0.0995. The number of benzene rings is 1. The summed E-state index contributed by atoms with van der Waals surface area (Å²) in [6.45, 7) is 6.99. The Morgan fingerprint density at radius 3 is 2.36 bits per heavy atom. The number of aromatic hydroxyl groups is 1. The molecule has 1 rings (SSSR count). The van der Waals surface area contributed by atoms with E-state index < -0.39 is 0 Å². The van der Waals surface area contributed by atoms with Crippen molar-refractivity contribution in [2.75, 3.05) is 5.32 Å². The largest absolute Gasteiger partial charge is 0.507 e. The van der Waals surface area contributed by atoms with E-state index in [0.29, 0.717) is 5.75 Å². The van der Waals surface area contributed by atoms with E-state index in [2.05, 4.69) is 5.32 Å². The Morgan fingerprint density at radius 1 is 1.29 bits per heavy atom. The van der Waals surface area contributed by atoms with E-state index in [4.69, 9.17) is 0 Å². The van der Waals surface area contributed by atoms with E-state index in [0.717, 1.165) is 22.4 Å². The molecule has 1 aromatic carbocycles. The van der Waals surface area contributed by atoms with Crippen molar-refractivity contribution in [3.8, 4) is 5.75 Å². The van der Waals surface area contributed by atoms with Gasteiger partial charge in [-0.1, -0.05) is 0 Å². The van der Waals surface area contributed by atoms with Gasteiger partial charge < -0.3 is 10.4 Å². The summed E-state index contributed by atoms with van der Waals surface area (Å²) >= 11 is 0. The van der Waals surface area contributed by atoms with Crippen molar-refractivity contribution < 1.29 is 9.90 Å². The minimum absolute atomic E-state index is 0.0995. The second kappa shape index (κ2) is 3.70. The molecule has 0 fully saturated rings. The number of nitrogens with one attached hydrogen (secondary N) is 1. The van der Waals surface area contributed by atoms with E-state index in [9.17, 15) is 9.90 Å². The maximum absolute atomic E-state index is 10.9. The molecule has 2 N–H and O–H groups in total. The van der Waals surface area contributed by atoms with Crippen LogP contribution in [0.1, 0.15) is 23.6 Å². The summed E-state index contributed by atoms with van der Waals surface area (Å²) in [5, 5.41) is 12.4. The number of rotatable bonds is 1. The lowest BCUT2D eigenvalue weighted by molar-refractivity contribution is -0.114. The first kappa shape index (κ1) is 10.6. The van der Waals surface area contributed by atoms with Gasteiger partial charge >= 0.3 is 0 Å². The zero-order valence-corrected chi connectivity index (χ0v) is 8.93. The van der Waals surface area contributed by atoms with Crippen LogP contribution in [-0.4, -0.2) is 11.0 Å². The fourth-order valence-corrected chi connectivity index (χ4v) is 1.39. The molecule has 0 spiro atoms. The average molecular weight is 193 g/mol. The average Bonchev–Trinajstić information content (AvgIpc) is 2.10. The van der Waals surface area contributed by atoms with E-state index in [-0.39, 0.29) is 5.91 Å². The van der Waals surface area contributed by atoms with Gasteiger partial charge in [-0.25, -0.2) is 0 Å². The molecule has 0 aromatic heterocycles. The molecule has 0 aliphatic rings. The highest BCUT2D eigenvalue weighted by Crippen LogP contribution is 2.30. The standard InChI is InChI=1S/C11H15NO2/c1-6-5-10(12-9(4)13)7(2)8(3)11(6)14/h5,14H,1-4H3,(H,12,13). The van der Waals surface area contributed by atoms with Crippen LogP contribution >= 0.6 is 0 Å². The Morgan fingerprint density at radius 2 is 1.86 bits per heavy atom. The van der Waals surface area contributed by atoms with Crippen LogP contribution in [0.5, 0.6) is 5.75 Å². The van der Waals surface area contributed by atoms with Gasteiger partial charge in [0.1, 0.15) is 5.75 Å². The molecule has 1 aromatic rings. The monoisotopic (exact) mass is 193 g/mol. The number of carbonyl (C=O) groups is 1. The van der Waals surface area contributed by atoms with Crippen molar-refractivity contribution in [2.24, 2.45) is 0 Å². The quantitative estimate of drug-likeness (QED) is 0.672. The highest BCUT2D eigenvalue weighted by molar-refractivity contribution is 5.90. The number of aryl methyl sites for hydroxylation is 1. The predicted molar refractivity (Wildman–Crippen MR) is 56.6 cm³/mol. The maximum Gasteiger partial charge on any atom is 0.221 e. The maximum atomic E-state index is 10.9. The lowest BCUT2D eigenvalue weighted by atomic mass is 10.0. The van der Waals surface area contributed by atoms with Gasteiger partial charge in [0.25, 0.3) is 0 Å². The summed E-state index contributed by atoms with van der Waals surface area (Å²) in [6.07, 6.45) is 0. The van der Waals surface area contributed by atoms with Crippen LogP contribution in [0.3, 0.4) is 0 Å². The first-order chi connectivity index (χ1) is 6.43. The molecule has 0 heterocycles. The molecule has 0 aliphatic carbocycles. The van der Waals surface area contributed by atoms with Crippen molar-refractivity contribution in [2.45, 2.75) is 27.7 Å². The topological polar surface area (TPSA) is 49.3 Å². The van der Waals surface area contributed by atoms with Crippen LogP contribution in [0.2, 0.25) is 0 Å². The first-order valence-electron chi connectivity index (χ1n) is 4.51. The zero-order chi connectivity index (χ0) is 10.9. The fourth-order valence-electron chi connectivity index (χ4n) is 1.39. The normalized spacial score (nSPS) is 10.0. The van der Waals surface area contributed by atoms with Crippen LogP contribution in [0.15, 0.2) is 6.07 Å². The SMILES string of the molecule is CC(=O)Nc1cc(C)c(O)c(C)c1C. The highest BCUT2D eigenvalue weighted by Gasteiger charge is 2.09. The van der Waals surface area contributed by atoms with Gasteiger partial charge in [-0.05, 0) is 43.5 Å². The van der Waals surface area contributed by atoms with Gasteiger partial charge in [0.2, 0.25) is 5.91 Å². The first-order valence-corrected chi connectivity index (χ1v) is 4.51. The molecule has 76 valence electrons. The van der Waals surface area contributed by atoms with Crippen molar-refractivity contribution in [1.29, 1.82) is 0 Å². The van der Waals surface area contributed by atoms with Crippen LogP contribution in [0.4, 0.5) is 5.69 Å². The van der Waals surface area contributed by atoms with E-state index in [1.165, 1.54) is 6.92 Å². The minimum Gasteiger partial charge on any atom is -0.507 e. The lowest BCUT2D eigenvalue weighted by Gasteiger charge is -2.12. The third-order valence-electron chi connectivity index (χ3n) is 2.37. The van der Waals surface area contributed by atoms with Gasteiger partial charge in [0.15, 0.2) is 0 Å².